The van der Waals surface area contributed by atoms with Crippen molar-refractivity contribution in [1.29, 1.82) is 5.26 Å². The highest BCUT2D eigenvalue weighted by molar-refractivity contribution is 5.79. The molecular weight excluding hydrogens is 118 g/mol. The predicted octanol–water partition coefficient (Wildman–Crippen LogP) is 0.931. The lowest BCUT2D eigenvalue weighted by molar-refractivity contribution is -0.131. The smallest absolute Gasteiger partial charge is 0.327 e. The number of unbranched alkanes of at least 4 members (excludes halogenated alkanes) is 1. The molecule has 0 aliphatic rings. The molecule has 0 unspecified atom stereocenters. The Hall–Kier alpha value is -1.30. The average Bonchev–Trinajstić information content (AvgIpc) is 1.80. The second-order valence-electron chi connectivity index (χ2n) is 1.44. The van der Waals surface area contributed by atoms with Crippen molar-refractivity contribution in [3.05, 3.63) is 12.2 Å². The van der Waals surface area contributed by atoms with Gasteiger partial charge >= 0.3 is 5.97 Å². The summed E-state index contributed by atoms with van der Waals surface area (Å²) in [4.78, 5) is 9.79. The molecule has 0 fully saturated rings. The Balaban J connectivity index is 3.28. The summed E-state index contributed by atoms with van der Waals surface area (Å²) in [5.41, 5.74) is 0. The zero-order valence-corrected chi connectivity index (χ0v) is 4.87. The van der Waals surface area contributed by atoms with Crippen LogP contribution in [0, 0.1) is 11.3 Å². The first-order valence-corrected chi connectivity index (χ1v) is 2.54. The maximum Gasteiger partial charge on any atom is 0.327 e. The van der Waals surface area contributed by atoms with Crippen LogP contribution in [0.25, 0.3) is 0 Å². The summed E-state index contributed by atoms with van der Waals surface area (Å²) >= 11 is 0. The molecule has 3 heteroatoms. The van der Waals surface area contributed by atoms with Crippen LogP contribution in [0.4, 0.5) is 0 Å². The van der Waals surface area contributed by atoms with Crippen LogP contribution in [0.1, 0.15) is 12.8 Å². The molecule has 0 saturated heterocycles. The lowest BCUT2D eigenvalue weighted by atomic mass is 10.3. The van der Waals surface area contributed by atoms with E-state index < -0.39 is 5.97 Å². The summed E-state index contributed by atoms with van der Waals surface area (Å²) in [7, 11) is 0. The Morgan fingerprint density at radius 2 is 2.44 bits per heavy atom. The number of carbonyl (C=O) groups is 1. The van der Waals surface area contributed by atoms with Gasteiger partial charge in [0, 0.05) is 12.5 Å². The highest BCUT2D eigenvalue weighted by atomic mass is 16.4. The fourth-order valence-corrected chi connectivity index (χ4v) is 0.332. The number of hydrogen-bond acceptors (Lipinski definition) is 2. The predicted molar refractivity (Wildman–Crippen MR) is 31.6 cm³/mol. The van der Waals surface area contributed by atoms with E-state index >= 15 is 0 Å². The van der Waals surface area contributed by atoms with Crippen LogP contribution >= 0.6 is 0 Å². The molecule has 0 heterocycles. The van der Waals surface area contributed by atoms with Gasteiger partial charge in [0.2, 0.25) is 0 Å². The second kappa shape index (κ2) is 4.85. The van der Waals surface area contributed by atoms with Crippen molar-refractivity contribution in [3.63, 3.8) is 0 Å². The largest absolute Gasteiger partial charge is 0.478 e. The summed E-state index contributed by atoms with van der Waals surface area (Å²) in [6, 6.07) is 1.90. The molecule has 0 aliphatic heterocycles. The van der Waals surface area contributed by atoms with E-state index in [4.69, 9.17) is 10.4 Å². The number of allylic oxidation sites excluding steroid dienone is 1. The fraction of sp³-hybridized carbons (Fsp3) is 0.333. The Morgan fingerprint density at radius 3 is 2.89 bits per heavy atom. The molecular formula is C6H7NO2. The van der Waals surface area contributed by atoms with Crippen molar-refractivity contribution in [2.24, 2.45) is 0 Å². The summed E-state index contributed by atoms with van der Waals surface area (Å²) in [5.74, 6) is -0.965. The Bertz CT molecular complexity index is 155. The fourth-order valence-electron chi connectivity index (χ4n) is 0.332. The van der Waals surface area contributed by atoms with Crippen molar-refractivity contribution in [1.82, 2.24) is 0 Å². The summed E-state index contributed by atoms with van der Waals surface area (Å²) in [6.45, 7) is 0. The van der Waals surface area contributed by atoms with Crippen molar-refractivity contribution in [3.8, 4) is 6.07 Å². The van der Waals surface area contributed by atoms with E-state index in [-0.39, 0.29) is 0 Å². The maximum absolute atomic E-state index is 9.79. The van der Waals surface area contributed by atoms with Crippen molar-refractivity contribution in [2.45, 2.75) is 12.8 Å². The third-order valence-electron chi connectivity index (χ3n) is 0.683. The lowest BCUT2D eigenvalue weighted by Gasteiger charge is -1.78. The van der Waals surface area contributed by atoms with Crippen LogP contribution in [0.15, 0.2) is 12.2 Å². The van der Waals surface area contributed by atoms with Gasteiger partial charge in [-0.1, -0.05) is 6.08 Å². The summed E-state index contributed by atoms with van der Waals surface area (Å²) in [5, 5.41) is 16.0. The van der Waals surface area contributed by atoms with E-state index in [1.807, 2.05) is 6.07 Å². The number of hydrogen-bond donors (Lipinski definition) is 1. The number of aliphatic carboxylic acids is 1. The molecule has 3 nitrogen and oxygen atoms in total. The molecule has 0 bridgehead atoms. The van der Waals surface area contributed by atoms with Gasteiger partial charge in [0.25, 0.3) is 0 Å². The second-order valence-corrected chi connectivity index (χ2v) is 1.44. The molecule has 48 valence electrons. The molecule has 0 amide bonds. The van der Waals surface area contributed by atoms with Gasteiger partial charge in [-0.05, 0) is 6.42 Å². The average molecular weight is 125 g/mol. The van der Waals surface area contributed by atoms with Crippen LogP contribution in [0.5, 0.6) is 0 Å². The van der Waals surface area contributed by atoms with Crippen molar-refractivity contribution >= 4 is 5.97 Å². The zero-order chi connectivity index (χ0) is 7.11. The van der Waals surface area contributed by atoms with Gasteiger partial charge < -0.3 is 5.11 Å². The Labute approximate surface area is 53.2 Å². The third kappa shape index (κ3) is 6.70. The van der Waals surface area contributed by atoms with Crippen LogP contribution < -0.4 is 0 Å². The Morgan fingerprint density at radius 1 is 1.78 bits per heavy atom. The SMILES string of the molecule is N#CCCC=CC(=O)O. The minimum absolute atomic E-state index is 0.379. The minimum atomic E-state index is -0.965. The minimum Gasteiger partial charge on any atom is -0.478 e. The van der Waals surface area contributed by atoms with E-state index in [9.17, 15) is 4.79 Å². The molecule has 0 saturated carbocycles. The van der Waals surface area contributed by atoms with Crippen LogP contribution in [0.3, 0.4) is 0 Å². The van der Waals surface area contributed by atoms with Crippen LogP contribution in [0.2, 0.25) is 0 Å². The molecule has 0 aliphatic carbocycles. The topological polar surface area (TPSA) is 61.1 Å². The first-order valence-electron chi connectivity index (χ1n) is 2.54. The molecule has 1 N–H and O–H groups in total. The van der Waals surface area contributed by atoms with Gasteiger partial charge in [0.1, 0.15) is 0 Å². The summed E-state index contributed by atoms with van der Waals surface area (Å²) < 4.78 is 0. The van der Waals surface area contributed by atoms with Crippen molar-refractivity contribution in [2.75, 3.05) is 0 Å². The number of carboxylic acid groups (broad SMARTS) is 1. The first kappa shape index (κ1) is 7.70. The number of nitriles is 1. The standard InChI is InChI=1S/C6H7NO2/c7-5-3-1-2-4-6(8)9/h2,4H,1,3H2,(H,8,9). The van der Waals surface area contributed by atoms with E-state index in [1.165, 1.54) is 6.08 Å². The Kier molecular flexibility index (Phi) is 4.15. The molecule has 0 spiro atoms. The zero-order valence-electron chi connectivity index (χ0n) is 4.87. The van der Waals surface area contributed by atoms with E-state index in [0.717, 1.165) is 6.08 Å². The van der Waals surface area contributed by atoms with Gasteiger partial charge in [-0.2, -0.15) is 5.26 Å². The highest BCUT2D eigenvalue weighted by Gasteiger charge is 1.82. The molecule has 0 atom stereocenters. The first-order chi connectivity index (χ1) is 4.27. The monoisotopic (exact) mass is 125 g/mol. The maximum atomic E-state index is 9.79. The van der Waals surface area contributed by atoms with E-state index in [0.29, 0.717) is 12.8 Å². The molecule has 0 rings (SSSR count). The molecule has 0 radical (unpaired) electrons. The lowest BCUT2D eigenvalue weighted by Crippen LogP contribution is -1.84. The van der Waals surface area contributed by atoms with E-state index in [1.54, 1.807) is 0 Å². The molecule has 0 aromatic carbocycles. The molecule has 0 aromatic heterocycles. The van der Waals surface area contributed by atoms with E-state index in [2.05, 4.69) is 0 Å². The molecule has 0 aromatic rings. The van der Waals surface area contributed by atoms with Crippen LogP contribution in [-0.4, -0.2) is 11.1 Å². The normalized spacial score (nSPS) is 9.22. The van der Waals surface area contributed by atoms with Gasteiger partial charge in [0.05, 0.1) is 6.07 Å². The number of nitrogens with zero attached hydrogens (tertiary/aromatic N) is 1. The van der Waals surface area contributed by atoms with Crippen molar-refractivity contribution < 1.29 is 9.90 Å². The van der Waals surface area contributed by atoms with Gasteiger partial charge in [-0.15, -0.1) is 0 Å². The van der Waals surface area contributed by atoms with Gasteiger partial charge in [-0.25, -0.2) is 4.79 Å². The van der Waals surface area contributed by atoms with Gasteiger partial charge in [-0.3, -0.25) is 0 Å². The summed E-state index contributed by atoms with van der Waals surface area (Å²) in [6.07, 6.45) is 3.40. The van der Waals surface area contributed by atoms with Gasteiger partial charge in [0.15, 0.2) is 0 Å². The quantitative estimate of drug-likeness (QED) is 0.451. The van der Waals surface area contributed by atoms with Crippen LogP contribution in [-0.2, 0) is 4.79 Å². The number of rotatable bonds is 3. The highest BCUT2D eigenvalue weighted by Crippen LogP contribution is 1.87. The third-order valence-corrected chi connectivity index (χ3v) is 0.683. The number of carboxylic acids is 1. The molecule has 9 heavy (non-hydrogen) atoms.